The van der Waals surface area contributed by atoms with Crippen LogP contribution in [0.25, 0.3) is 0 Å². The number of aldehydes is 1. The van der Waals surface area contributed by atoms with Crippen molar-refractivity contribution in [3.05, 3.63) is 34.3 Å². The highest BCUT2D eigenvalue weighted by Crippen LogP contribution is 2.22. The highest BCUT2D eigenvalue weighted by molar-refractivity contribution is 9.10. The summed E-state index contributed by atoms with van der Waals surface area (Å²) in [5.74, 6) is 0. The SMILES string of the molecule is CC(C)(C)OC(=O)NC(C=O)c1ccccc1Br. The Morgan fingerprint density at radius 3 is 2.50 bits per heavy atom. The van der Waals surface area contributed by atoms with Gasteiger partial charge in [-0.2, -0.15) is 0 Å². The first-order valence-corrected chi connectivity index (χ1v) is 6.32. The first kappa shape index (κ1) is 14.7. The molecule has 1 N–H and O–H groups in total. The summed E-state index contributed by atoms with van der Waals surface area (Å²) in [6.45, 7) is 5.29. The maximum atomic E-state index is 11.6. The van der Waals surface area contributed by atoms with Gasteiger partial charge in [0.2, 0.25) is 0 Å². The number of rotatable bonds is 3. The monoisotopic (exact) mass is 313 g/mol. The maximum absolute atomic E-state index is 11.6. The van der Waals surface area contributed by atoms with Crippen molar-refractivity contribution in [1.82, 2.24) is 5.32 Å². The quantitative estimate of drug-likeness (QED) is 0.872. The molecule has 0 bridgehead atoms. The molecule has 0 aromatic heterocycles. The molecule has 0 radical (unpaired) electrons. The maximum Gasteiger partial charge on any atom is 0.408 e. The summed E-state index contributed by atoms with van der Waals surface area (Å²) < 4.78 is 5.87. The minimum Gasteiger partial charge on any atom is -0.444 e. The number of nitrogens with one attached hydrogen (secondary N) is 1. The Balaban J connectivity index is 2.78. The number of ether oxygens (including phenoxy) is 1. The van der Waals surface area contributed by atoms with E-state index >= 15 is 0 Å². The number of alkyl carbamates (subject to hydrolysis) is 1. The summed E-state index contributed by atoms with van der Waals surface area (Å²) >= 11 is 3.34. The molecule has 0 aliphatic carbocycles. The van der Waals surface area contributed by atoms with Crippen LogP contribution in [-0.2, 0) is 9.53 Å². The van der Waals surface area contributed by atoms with E-state index in [1.165, 1.54) is 0 Å². The predicted molar refractivity (Wildman–Crippen MR) is 72.3 cm³/mol. The Labute approximate surface area is 115 Å². The third kappa shape index (κ3) is 4.49. The topological polar surface area (TPSA) is 55.4 Å². The van der Waals surface area contributed by atoms with E-state index in [9.17, 15) is 9.59 Å². The third-order valence-electron chi connectivity index (χ3n) is 2.05. The van der Waals surface area contributed by atoms with Crippen LogP contribution in [0.15, 0.2) is 28.7 Å². The zero-order valence-corrected chi connectivity index (χ0v) is 12.2. The van der Waals surface area contributed by atoms with Gasteiger partial charge in [-0.1, -0.05) is 34.1 Å². The molecule has 1 aromatic carbocycles. The molecule has 1 unspecified atom stereocenters. The van der Waals surface area contributed by atoms with Crippen molar-refractivity contribution in [3.8, 4) is 0 Å². The van der Waals surface area contributed by atoms with E-state index in [1.807, 2.05) is 12.1 Å². The van der Waals surface area contributed by atoms with Crippen molar-refractivity contribution in [1.29, 1.82) is 0 Å². The fraction of sp³-hybridized carbons (Fsp3) is 0.385. The number of halogens is 1. The number of hydrogen-bond donors (Lipinski definition) is 1. The average molecular weight is 314 g/mol. The van der Waals surface area contributed by atoms with E-state index in [4.69, 9.17) is 4.74 Å². The molecule has 1 aromatic rings. The number of carbonyl (C=O) groups excluding carboxylic acids is 2. The molecule has 0 aliphatic heterocycles. The Morgan fingerprint density at radius 1 is 1.39 bits per heavy atom. The second-order valence-electron chi connectivity index (χ2n) is 4.78. The molecule has 5 heteroatoms. The highest BCUT2D eigenvalue weighted by atomic mass is 79.9. The molecule has 0 aliphatic rings. The Morgan fingerprint density at radius 2 is 2.00 bits per heavy atom. The average Bonchev–Trinajstić information content (AvgIpc) is 2.24. The summed E-state index contributed by atoms with van der Waals surface area (Å²) in [5.41, 5.74) is 0.101. The lowest BCUT2D eigenvalue weighted by molar-refractivity contribution is -0.109. The van der Waals surface area contributed by atoms with Crippen molar-refractivity contribution in [2.75, 3.05) is 0 Å². The van der Waals surface area contributed by atoms with E-state index in [2.05, 4.69) is 21.2 Å². The largest absolute Gasteiger partial charge is 0.444 e. The molecule has 4 nitrogen and oxygen atoms in total. The number of benzene rings is 1. The lowest BCUT2D eigenvalue weighted by Crippen LogP contribution is -2.35. The van der Waals surface area contributed by atoms with Gasteiger partial charge in [0.05, 0.1) is 0 Å². The molecule has 0 saturated carbocycles. The first-order valence-electron chi connectivity index (χ1n) is 5.53. The normalized spacial score (nSPS) is 12.7. The van der Waals surface area contributed by atoms with Gasteiger partial charge in [-0.05, 0) is 32.4 Å². The standard InChI is InChI=1S/C13H16BrNO3/c1-13(2,3)18-12(17)15-11(8-16)9-6-4-5-7-10(9)14/h4-8,11H,1-3H3,(H,15,17). The molecule has 1 atom stereocenters. The van der Waals surface area contributed by atoms with Gasteiger partial charge in [0.25, 0.3) is 0 Å². The van der Waals surface area contributed by atoms with E-state index in [0.29, 0.717) is 11.8 Å². The Hall–Kier alpha value is -1.36. The molecular weight excluding hydrogens is 298 g/mol. The minimum atomic E-state index is -0.726. The van der Waals surface area contributed by atoms with E-state index in [1.54, 1.807) is 32.9 Å². The summed E-state index contributed by atoms with van der Waals surface area (Å²) in [6, 6.07) is 6.48. The lowest BCUT2D eigenvalue weighted by atomic mass is 10.1. The Kier molecular flexibility index (Phi) is 4.90. The highest BCUT2D eigenvalue weighted by Gasteiger charge is 2.21. The van der Waals surface area contributed by atoms with Gasteiger partial charge in [0.15, 0.2) is 0 Å². The van der Waals surface area contributed by atoms with Gasteiger partial charge in [0.1, 0.15) is 17.9 Å². The van der Waals surface area contributed by atoms with Crippen LogP contribution in [0.2, 0.25) is 0 Å². The summed E-state index contributed by atoms with van der Waals surface area (Å²) in [5, 5.41) is 2.52. The van der Waals surface area contributed by atoms with Crippen LogP contribution in [0.5, 0.6) is 0 Å². The molecule has 1 amide bonds. The lowest BCUT2D eigenvalue weighted by Gasteiger charge is -2.22. The van der Waals surface area contributed by atoms with Crippen molar-refractivity contribution in [2.45, 2.75) is 32.4 Å². The molecule has 0 heterocycles. The predicted octanol–water partition coefficient (Wildman–Crippen LogP) is 3.21. The number of amides is 1. The van der Waals surface area contributed by atoms with Crippen molar-refractivity contribution >= 4 is 28.3 Å². The van der Waals surface area contributed by atoms with E-state index < -0.39 is 17.7 Å². The van der Waals surface area contributed by atoms with Gasteiger partial charge in [-0.25, -0.2) is 4.79 Å². The summed E-state index contributed by atoms with van der Waals surface area (Å²) in [6.07, 6.45) is 0.0552. The van der Waals surface area contributed by atoms with Gasteiger partial charge >= 0.3 is 6.09 Å². The molecule has 0 fully saturated rings. The van der Waals surface area contributed by atoms with Crippen LogP contribution in [0.3, 0.4) is 0 Å². The molecule has 0 saturated heterocycles. The molecule has 0 spiro atoms. The fourth-order valence-corrected chi connectivity index (χ4v) is 1.88. The van der Waals surface area contributed by atoms with Crippen molar-refractivity contribution in [2.24, 2.45) is 0 Å². The van der Waals surface area contributed by atoms with Crippen LogP contribution in [-0.4, -0.2) is 18.0 Å². The number of hydrogen-bond acceptors (Lipinski definition) is 3. The molecule has 98 valence electrons. The third-order valence-corrected chi connectivity index (χ3v) is 2.77. The smallest absolute Gasteiger partial charge is 0.408 e. The van der Waals surface area contributed by atoms with Gasteiger partial charge in [-0.15, -0.1) is 0 Å². The van der Waals surface area contributed by atoms with E-state index in [-0.39, 0.29) is 0 Å². The van der Waals surface area contributed by atoms with Crippen LogP contribution in [0, 0.1) is 0 Å². The molecule has 18 heavy (non-hydrogen) atoms. The Bertz CT molecular complexity index is 440. The van der Waals surface area contributed by atoms with Crippen LogP contribution in [0.1, 0.15) is 32.4 Å². The van der Waals surface area contributed by atoms with Crippen molar-refractivity contribution in [3.63, 3.8) is 0 Å². The minimum absolute atomic E-state index is 0.592. The second-order valence-corrected chi connectivity index (χ2v) is 5.64. The van der Waals surface area contributed by atoms with Crippen LogP contribution >= 0.6 is 15.9 Å². The molecular formula is C13H16BrNO3. The van der Waals surface area contributed by atoms with Gasteiger partial charge in [0, 0.05) is 4.47 Å². The van der Waals surface area contributed by atoms with Gasteiger partial charge in [-0.3, -0.25) is 0 Å². The second kappa shape index (κ2) is 6.00. The number of carbonyl (C=O) groups is 2. The molecule has 1 rings (SSSR count). The van der Waals surface area contributed by atoms with Gasteiger partial charge < -0.3 is 14.8 Å². The first-order chi connectivity index (χ1) is 8.33. The summed E-state index contributed by atoms with van der Waals surface area (Å²) in [7, 11) is 0. The zero-order valence-electron chi connectivity index (χ0n) is 10.6. The van der Waals surface area contributed by atoms with Crippen molar-refractivity contribution < 1.29 is 14.3 Å². The van der Waals surface area contributed by atoms with E-state index in [0.717, 1.165) is 4.47 Å². The zero-order chi connectivity index (χ0) is 13.8. The van der Waals surface area contributed by atoms with Crippen LogP contribution in [0.4, 0.5) is 4.79 Å². The fourth-order valence-electron chi connectivity index (χ4n) is 1.35. The van der Waals surface area contributed by atoms with Crippen LogP contribution < -0.4 is 5.32 Å². The summed E-state index contributed by atoms with van der Waals surface area (Å²) in [4.78, 5) is 22.7.